The normalized spacial score (nSPS) is 15.4. The van der Waals surface area contributed by atoms with E-state index in [4.69, 9.17) is 4.74 Å². The number of nitrogens with zero attached hydrogens (tertiary/aromatic N) is 1. The standard InChI is InChI=1S/C19H23FN2O3.C2H6O.C2H6/c1-3-18(19(24)22-14(2)5-8-16(22)13-23)21-11-4-12-25-17-9-6-15(20)7-10-17;1-3-2;1-2/h3,6-7,9-10,13,16,21H,2,4-5,8,11-12H2,1H3;1-2H3;1-2H3/b18-3+;;. The molecule has 1 aromatic carbocycles. The van der Waals surface area contributed by atoms with E-state index in [1.807, 2.05) is 13.8 Å². The van der Waals surface area contributed by atoms with E-state index in [-0.39, 0.29) is 11.7 Å². The molecule has 0 radical (unpaired) electrons. The fourth-order valence-electron chi connectivity index (χ4n) is 2.67. The van der Waals surface area contributed by atoms with Gasteiger partial charge in [-0.2, -0.15) is 0 Å². The van der Waals surface area contributed by atoms with Gasteiger partial charge in [0.1, 0.15) is 17.9 Å². The summed E-state index contributed by atoms with van der Waals surface area (Å²) in [6.45, 7) is 10.6. The molecule has 1 N–H and O–H groups in total. The highest BCUT2D eigenvalue weighted by molar-refractivity contribution is 5.96. The van der Waals surface area contributed by atoms with Crippen LogP contribution >= 0.6 is 0 Å². The van der Waals surface area contributed by atoms with Crippen LogP contribution in [0.3, 0.4) is 0 Å². The van der Waals surface area contributed by atoms with Crippen molar-refractivity contribution < 1.29 is 23.5 Å². The third-order valence-electron chi connectivity index (χ3n) is 4.01. The monoisotopic (exact) mass is 422 g/mol. The Bertz CT molecular complexity index is 674. The molecule has 1 fully saturated rings. The number of allylic oxidation sites excluding steroid dienone is 2. The Labute approximate surface area is 179 Å². The second-order valence-electron chi connectivity index (χ2n) is 6.18. The number of rotatable bonds is 8. The number of nitrogens with one attached hydrogen (secondary N) is 1. The van der Waals surface area contributed by atoms with Crippen LogP contribution in [0.5, 0.6) is 5.75 Å². The molecule has 1 unspecified atom stereocenters. The van der Waals surface area contributed by atoms with Crippen LogP contribution in [0.2, 0.25) is 0 Å². The smallest absolute Gasteiger partial charge is 0.274 e. The number of amides is 1. The number of halogens is 1. The fraction of sp³-hybridized carbons (Fsp3) is 0.478. The van der Waals surface area contributed by atoms with E-state index in [1.54, 1.807) is 39.4 Å². The van der Waals surface area contributed by atoms with Crippen molar-refractivity contribution in [2.24, 2.45) is 0 Å². The van der Waals surface area contributed by atoms with Crippen LogP contribution in [-0.2, 0) is 14.3 Å². The molecule has 0 aliphatic carbocycles. The van der Waals surface area contributed by atoms with E-state index in [2.05, 4.69) is 16.6 Å². The number of carbonyl (C=O) groups excluding carboxylic acids is 2. The van der Waals surface area contributed by atoms with E-state index in [0.717, 1.165) is 6.29 Å². The Morgan fingerprint density at radius 1 is 1.30 bits per heavy atom. The molecule has 168 valence electrons. The molecule has 1 aliphatic heterocycles. The Hall–Kier alpha value is -2.67. The lowest BCUT2D eigenvalue weighted by Gasteiger charge is -2.23. The topological polar surface area (TPSA) is 67.9 Å². The van der Waals surface area contributed by atoms with Gasteiger partial charge >= 0.3 is 0 Å². The molecular formula is C23H35FN2O4. The Morgan fingerprint density at radius 2 is 1.90 bits per heavy atom. The largest absolute Gasteiger partial charge is 0.494 e. The molecule has 1 heterocycles. The molecule has 1 amide bonds. The van der Waals surface area contributed by atoms with Gasteiger partial charge in [-0.3, -0.25) is 4.79 Å². The molecule has 30 heavy (non-hydrogen) atoms. The van der Waals surface area contributed by atoms with Crippen LogP contribution in [0, 0.1) is 5.82 Å². The number of carbonyl (C=O) groups is 2. The number of benzene rings is 1. The zero-order chi connectivity index (χ0) is 22.9. The first-order valence-electron chi connectivity index (χ1n) is 10.1. The molecule has 1 aromatic rings. The van der Waals surface area contributed by atoms with Crippen molar-refractivity contribution in [2.75, 3.05) is 27.4 Å². The summed E-state index contributed by atoms with van der Waals surface area (Å²) in [6.07, 6.45) is 4.42. The fourth-order valence-corrected chi connectivity index (χ4v) is 2.67. The molecule has 0 bridgehead atoms. The zero-order valence-corrected chi connectivity index (χ0v) is 18.7. The Kier molecular flexibility index (Phi) is 14.7. The van der Waals surface area contributed by atoms with Crippen LogP contribution in [0.25, 0.3) is 0 Å². The lowest BCUT2D eigenvalue weighted by Crippen LogP contribution is -2.39. The average molecular weight is 423 g/mol. The number of hydrogen-bond acceptors (Lipinski definition) is 5. The summed E-state index contributed by atoms with van der Waals surface area (Å²) in [5, 5.41) is 3.08. The van der Waals surface area contributed by atoms with Crippen molar-refractivity contribution in [3.63, 3.8) is 0 Å². The van der Waals surface area contributed by atoms with E-state index in [0.29, 0.717) is 49.6 Å². The Balaban J connectivity index is 0.00000154. The molecule has 1 aliphatic rings. The van der Waals surface area contributed by atoms with Crippen LogP contribution in [0.15, 0.2) is 48.3 Å². The SMILES string of the molecule is C=C1CCC(C=O)N1C(=O)/C(=C\C)NCCCOc1ccc(F)cc1.CC.COC. The first-order chi connectivity index (χ1) is 14.5. The zero-order valence-electron chi connectivity index (χ0n) is 18.7. The lowest BCUT2D eigenvalue weighted by atomic mass is 10.2. The molecular weight excluding hydrogens is 387 g/mol. The maximum atomic E-state index is 12.8. The van der Waals surface area contributed by atoms with Gasteiger partial charge in [0.15, 0.2) is 0 Å². The summed E-state index contributed by atoms with van der Waals surface area (Å²) in [5.74, 6) is 0.0647. The van der Waals surface area contributed by atoms with Crippen molar-refractivity contribution in [1.82, 2.24) is 10.2 Å². The molecule has 2 rings (SSSR count). The highest BCUT2D eigenvalue weighted by atomic mass is 19.1. The van der Waals surface area contributed by atoms with Gasteiger partial charge in [0.25, 0.3) is 5.91 Å². The molecule has 0 spiro atoms. The predicted molar refractivity (Wildman–Crippen MR) is 118 cm³/mol. The van der Waals surface area contributed by atoms with Crippen molar-refractivity contribution in [1.29, 1.82) is 0 Å². The van der Waals surface area contributed by atoms with E-state index >= 15 is 0 Å². The van der Waals surface area contributed by atoms with Crippen molar-refractivity contribution >= 4 is 12.2 Å². The summed E-state index contributed by atoms with van der Waals surface area (Å²) in [7, 11) is 3.25. The van der Waals surface area contributed by atoms with Gasteiger partial charge in [0, 0.05) is 26.5 Å². The van der Waals surface area contributed by atoms with Gasteiger partial charge in [-0.15, -0.1) is 0 Å². The first kappa shape index (κ1) is 27.3. The third kappa shape index (κ3) is 9.22. The van der Waals surface area contributed by atoms with E-state index in [1.165, 1.54) is 17.0 Å². The number of methoxy groups -OCH3 is 1. The number of aldehydes is 1. The molecule has 0 aromatic heterocycles. The second kappa shape index (κ2) is 16.2. The lowest BCUT2D eigenvalue weighted by molar-refractivity contribution is -0.129. The van der Waals surface area contributed by atoms with Crippen LogP contribution < -0.4 is 10.1 Å². The second-order valence-corrected chi connectivity index (χ2v) is 6.18. The number of hydrogen-bond donors (Lipinski definition) is 1. The third-order valence-corrected chi connectivity index (χ3v) is 4.01. The summed E-state index contributed by atoms with van der Waals surface area (Å²) in [6, 6.07) is 5.40. The minimum absolute atomic E-state index is 0.235. The molecule has 7 heteroatoms. The number of ether oxygens (including phenoxy) is 2. The molecule has 1 atom stereocenters. The highest BCUT2D eigenvalue weighted by Gasteiger charge is 2.32. The summed E-state index contributed by atoms with van der Waals surface area (Å²) < 4.78 is 22.6. The first-order valence-corrected chi connectivity index (χ1v) is 10.1. The summed E-state index contributed by atoms with van der Waals surface area (Å²) in [4.78, 5) is 25.2. The van der Waals surface area contributed by atoms with Crippen molar-refractivity contribution in [3.8, 4) is 5.75 Å². The summed E-state index contributed by atoms with van der Waals surface area (Å²) >= 11 is 0. The highest BCUT2D eigenvalue weighted by Crippen LogP contribution is 2.26. The maximum Gasteiger partial charge on any atom is 0.274 e. The van der Waals surface area contributed by atoms with E-state index < -0.39 is 6.04 Å². The Morgan fingerprint density at radius 3 is 2.43 bits per heavy atom. The van der Waals surface area contributed by atoms with Crippen LogP contribution in [-0.4, -0.2) is 50.5 Å². The summed E-state index contributed by atoms with van der Waals surface area (Å²) in [5.41, 5.74) is 1.11. The number of likely N-dealkylation sites (tertiary alicyclic amines) is 1. The molecule has 1 saturated heterocycles. The minimum Gasteiger partial charge on any atom is -0.494 e. The van der Waals surface area contributed by atoms with Crippen LogP contribution in [0.4, 0.5) is 4.39 Å². The average Bonchev–Trinajstić information content (AvgIpc) is 3.14. The quantitative estimate of drug-likeness (QED) is 0.388. The molecule has 0 saturated carbocycles. The van der Waals surface area contributed by atoms with Crippen molar-refractivity contribution in [2.45, 2.75) is 46.1 Å². The minimum atomic E-state index is -0.432. The van der Waals surface area contributed by atoms with Crippen molar-refractivity contribution in [3.05, 3.63) is 54.1 Å². The molecule has 6 nitrogen and oxygen atoms in total. The maximum absolute atomic E-state index is 12.8. The van der Waals surface area contributed by atoms with Gasteiger partial charge in [0.2, 0.25) is 0 Å². The van der Waals surface area contributed by atoms with Crippen LogP contribution in [0.1, 0.15) is 40.0 Å². The van der Waals surface area contributed by atoms with Gasteiger partial charge in [-0.05, 0) is 50.5 Å². The van der Waals surface area contributed by atoms with Gasteiger partial charge in [0.05, 0.1) is 18.3 Å². The predicted octanol–water partition coefficient (Wildman–Crippen LogP) is 4.08. The van der Waals surface area contributed by atoms with Gasteiger partial charge < -0.3 is 24.5 Å². The van der Waals surface area contributed by atoms with Gasteiger partial charge in [-0.25, -0.2) is 4.39 Å². The van der Waals surface area contributed by atoms with Gasteiger partial charge in [-0.1, -0.05) is 26.5 Å². The van der Waals surface area contributed by atoms with E-state index in [9.17, 15) is 14.0 Å².